The smallest absolute Gasteiger partial charge is 0.127 e. The fraction of sp³-hybridized carbons (Fsp3) is 0.667. The summed E-state index contributed by atoms with van der Waals surface area (Å²) in [6, 6.07) is 7.17. The van der Waals surface area contributed by atoms with E-state index in [1.54, 1.807) is 12.1 Å². The van der Waals surface area contributed by atoms with Crippen LogP contribution in [0.4, 0.5) is 4.39 Å². The maximum absolute atomic E-state index is 14.0. The van der Waals surface area contributed by atoms with Crippen molar-refractivity contribution < 1.29 is 4.39 Å². The Bertz CT molecular complexity index is 439. The molecule has 1 atom stereocenters. The summed E-state index contributed by atoms with van der Waals surface area (Å²) in [5.41, 5.74) is 7.12. The Kier molecular flexibility index (Phi) is 5.77. The zero-order valence-corrected chi connectivity index (χ0v) is 13.4. The van der Waals surface area contributed by atoms with Crippen LogP contribution in [0, 0.1) is 11.2 Å². The second kappa shape index (κ2) is 7.37. The summed E-state index contributed by atoms with van der Waals surface area (Å²) < 4.78 is 14.0. The van der Waals surface area contributed by atoms with Gasteiger partial charge in [-0.05, 0) is 44.8 Å². The van der Waals surface area contributed by atoms with Crippen LogP contribution in [0.2, 0.25) is 0 Å². The Morgan fingerprint density at radius 3 is 2.38 bits per heavy atom. The molecule has 1 aliphatic rings. The maximum Gasteiger partial charge on any atom is 0.127 e. The first-order valence-corrected chi connectivity index (χ1v) is 8.23. The van der Waals surface area contributed by atoms with Crippen LogP contribution in [0.15, 0.2) is 24.3 Å². The van der Waals surface area contributed by atoms with Gasteiger partial charge in [-0.1, -0.05) is 43.9 Å². The van der Waals surface area contributed by atoms with Crippen LogP contribution in [0.1, 0.15) is 57.1 Å². The van der Waals surface area contributed by atoms with Crippen molar-refractivity contribution in [3.05, 3.63) is 35.6 Å². The van der Waals surface area contributed by atoms with Gasteiger partial charge in [-0.15, -0.1) is 0 Å². The van der Waals surface area contributed by atoms with Crippen molar-refractivity contribution in [1.29, 1.82) is 0 Å². The Labute approximate surface area is 128 Å². The molecule has 0 radical (unpaired) electrons. The molecule has 1 saturated carbocycles. The van der Waals surface area contributed by atoms with Gasteiger partial charge in [-0.3, -0.25) is 4.90 Å². The summed E-state index contributed by atoms with van der Waals surface area (Å²) in [6.45, 7) is 3.78. The molecule has 2 nitrogen and oxygen atoms in total. The van der Waals surface area contributed by atoms with E-state index in [1.807, 2.05) is 12.1 Å². The average Bonchev–Trinajstić information content (AvgIpc) is 2.73. The molecule has 1 aliphatic carbocycles. The summed E-state index contributed by atoms with van der Waals surface area (Å²) in [5.74, 6) is -0.112. The Morgan fingerprint density at radius 1 is 1.19 bits per heavy atom. The second-order valence-corrected chi connectivity index (χ2v) is 6.73. The lowest BCUT2D eigenvalue weighted by Crippen LogP contribution is -2.42. The van der Waals surface area contributed by atoms with E-state index in [-0.39, 0.29) is 17.3 Å². The molecule has 1 aromatic rings. The first-order chi connectivity index (χ1) is 10.1. The Morgan fingerprint density at radius 2 is 1.81 bits per heavy atom. The largest absolute Gasteiger partial charge is 0.330 e. The van der Waals surface area contributed by atoms with E-state index in [0.29, 0.717) is 0 Å². The average molecular weight is 292 g/mol. The van der Waals surface area contributed by atoms with Crippen molar-refractivity contribution in [3.8, 4) is 0 Å². The van der Waals surface area contributed by atoms with Crippen molar-refractivity contribution >= 4 is 0 Å². The van der Waals surface area contributed by atoms with Crippen LogP contribution >= 0.6 is 0 Å². The van der Waals surface area contributed by atoms with E-state index < -0.39 is 0 Å². The Balaban J connectivity index is 2.08. The molecule has 118 valence electrons. The van der Waals surface area contributed by atoms with Crippen molar-refractivity contribution in [2.45, 2.75) is 51.5 Å². The quantitative estimate of drug-likeness (QED) is 0.827. The highest BCUT2D eigenvalue weighted by Gasteiger charge is 2.32. The molecular weight excluding hydrogens is 263 g/mol. The van der Waals surface area contributed by atoms with Crippen LogP contribution in [-0.4, -0.2) is 25.0 Å². The van der Waals surface area contributed by atoms with Crippen molar-refractivity contribution in [2.24, 2.45) is 11.1 Å². The third-order valence-electron chi connectivity index (χ3n) is 5.20. The first kappa shape index (κ1) is 16.4. The van der Waals surface area contributed by atoms with E-state index in [4.69, 9.17) is 5.73 Å². The monoisotopic (exact) mass is 292 g/mol. The molecule has 1 aromatic carbocycles. The molecule has 3 heteroatoms. The predicted octanol–water partition coefficient (Wildman–Crippen LogP) is 4.12. The highest BCUT2D eigenvalue weighted by molar-refractivity contribution is 5.20. The highest BCUT2D eigenvalue weighted by Crippen LogP contribution is 2.36. The summed E-state index contributed by atoms with van der Waals surface area (Å²) in [6.07, 6.45) is 7.62. The highest BCUT2D eigenvalue weighted by atomic mass is 19.1. The summed E-state index contributed by atoms with van der Waals surface area (Å²) >= 11 is 0. The zero-order valence-electron chi connectivity index (χ0n) is 13.4. The minimum atomic E-state index is -0.112. The molecule has 1 unspecified atom stereocenters. The summed E-state index contributed by atoms with van der Waals surface area (Å²) in [7, 11) is 2.10. The molecule has 0 aromatic heterocycles. The molecule has 1 fully saturated rings. The van der Waals surface area contributed by atoms with Crippen LogP contribution < -0.4 is 5.73 Å². The maximum atomic E-state index is 14.0. The number of nitrogens with zero attached hydrogens (tertiary/aromatic N) is 1. The third kappa shape index (κ3) is 4.04. The van der Waals surface area contributed by atoms with E-state index in [9.17, 15) is 4.39 Å². The molecule has 0 spiro atoms. The Hall–Kier alpha value is -0.930. The van der Waals surface area contributed by atoms with Gasteiger partial charge in [0.1, 0.15) is 5.82 Å². The minimum Gasteiger partial charge on any atom is -0.330 e. The third-order valence-corrected chi connectivity index (χ3v) is 5.20. The molecule has 0 saturated heterocycles. The van der Waals surface area contributed by atoms with Crippen LogP contribution in [0.5, 0.6) is 0 Å². The van der Waals surface area contributed by atoms with Gasteiger partial charge in [0.05, 0.1) is 0 Å². The molecule has 0 amide bonds. The normalized spacial score (nSPS) is 20.2. The molecule has 0 heterocycles. The van der Waals surface area contributed by atoms with E-state index in [2.05, 4.69) is 18.9 Å². The number of rotatable bonds is 5. The number of benzene rings is 1. The molecule has 0 aliphatic heterocycles. The summed E-state index contributed by atoms with van der Waals surface area (Å²) in [5, 5.41) is 0. The van der Waals surface area contributed by atoms with Crippen LogP contribution in [0.3, 0.4) is 0 Å². The van der Waals surface area contributed by atoms with Gasteiger partial charge in [0.2, 0.25) is 0 Å². The first-order valence-electron chi connectivity index (χ1n) is 8.23. The van der Waals surface area contributed by atoms with E-state index in [0.717, 1.165) is 18.7 Å². The summed E-state index contributed by atoms with van der Waals surface area (Å²) in [4.78, 5) is 2.27. The van der Waals surface area contributed by atoms with Crippen LogP contribution in [0.25, 0.3) is 0 Å². The lowest BCUT2D eigenvalue weighted by Gasteiger charge is -2.38. The standard InChI is InChI=1S/C18H29FN2/c1-15(16-9-5-6-10-17(16)19)21(2)14-18(13-20)11-7-3-4-8-12-18/h5-6,9-10,15H,3-4,7-8,11-14,20H2,1-2H3. The fourth-order valence-electron chi connectivity index (χ4n) is 3.62. The number of nitrogens with two attached hydrogens (primary N) is 1. The van der Waals surface area contributed by atoms with Gasteiger partial charge in [-0.2, -0.15) is 0 Å². The fourth-order valence-corrected chi connectivity index (χ4v) is 3.62. The predicted molar refractivity (Wildman–Crippen MR) is 86.6 cm³/mol. The minimum absolute atomic E-state index is 0.0814. The number of hydrogen-bond donors (Lipinski definition) is 1. The number of halogens is 1. The van der Waals surface area contributed by atoms with Crippen molar-refractivity contribution in [1.82, 2.24) is 4.90 Å². The molecule has 21 heavy (non-hydrogen) atoms. The van der Waals surface area contributed by atoms with Crippen molar-refractivity contribution in [3.63, 3.8) is 0 Å². The van der Waals surface area contributed by atoms with Gasteiger partial charge in [0.25, 0.3) is 0 Å². The molecule has 2 rings (SSSR count). The van der Waals surface area contributed by atoms with Gasteiger partial charge in [0.15, 0.2) is 0 Å². The lowest BCUT2D eigenvalue weighted by atomic mass is 9.79. The van der Waals surface area contributed by atoms with Gasteiger partial charge < -0.3 is 5.73 Å². The second-order valence-electron chi connectivity index (χ2n) is 6.73. The van der Waals surface area contributed by atoms with E-state index >= 15 is 0 Å². The SMILES string of the molecule is CC(c1ccccc1F)N(C)CC1(CN)CCCCCC1. The van der Waals surface area contributed by atoms with Gasteiger partial charge >= 0.3 is 0 Å². The van der Waals surface area contributed by atoms with E-state index in [1.165, 1.54) is 38.5 Å². The molecular formula is C18H29FN2. The zero-order chi connectivity index (χ0) is 15.3. The lowest BCUT2D eigenvalue weighted by molar-refractivity contribution is 0.128. The number of hydrogen-bond acceptors (Lipinski definition) is 2. The molecule has 0 bridgehead atoms. The van der Waals surface area contributed by atoms with Gasteiger partial charge in [0, 0.05) is 18.2 Å². The van der Waals surface area contributed by atoms with Crippen molar-refractivity contribution in [2.75, 3.05) is 20.1 Å². The van der Waals surface area contributed by atoms with Crippen LogP contribution in [-0.2, 0) is 0 Å². The molecule has 2 N–H and O–H groups in total. The van der Waals surface area contributed by atoms with Gasteiger partial charge in [-0.25, -0.2) is 4.39 Å². The topological polar surface area (TPSA) is 29.3 Å².